The fourth-order valence-electron chi connectivity index (χ4n) is 3.69. The first-order chi connectivity index (χ1) is 12.6. The van der Waals surface area contributed by atoms with Gasteiger partial charge in [-0.15, -0.1) is 10.2 Å². The van der Waals surface area contributed by atoms with Crippen LogP contribution in [0.1, 0.15) is 37.9 Å². The predicted octanol–water partition coefficient (Wildman–Crippen LogP) is 0.600. The number of hydrogen-bond donors (Lipinski definition) is 2. The Balaban J connectivity index is 1.31. The molecule has 0 radical (unpaired) electrons. The quantitative estimate of drug-likeness (QED) is 0.763. The predicted molar refractivity (Wildman–Crippen MR) is 90.9 cm³/mol. The average Bonchev–Trinajstić information content (AvgIpc) is 3.32. The number of imide groups is 1. The molecule has 136 valence electrons. The standard InChI is InChI=1S/C17H20N6O3/c24-14(18-11-13-21-20-12-5-1-4-9-22(12)13)6-10-23-15(25)17(19-16(23)26)7-2-3-8-17/h1,4-5,9H,2-3,6-8,10-11H2,(H,18,24)(H,19,26). The minimum Gasteiger partial charge on any atom is -0.349 e. The van der Waals surface area contributed by atoms with Crippen molar-refractivity contribution in [2.24, 2.45) is 0 Å². The van der Waals surface area contributed by atoms with E-state index in [1.165, 1.54) is 0 Å². The molecule has 0 bridgehead atoms. The molecule has 1 saturated carbocycles. The van der Waals surface area contributed by atoms with Gasteiger partial charge in [0.15, 0.2) is 11.5 Å². The van der Waals surface area contributed by atoms with Crippen molar-refractivity contribution in [2.45, 2.75) is 44.2 Å². The van der Waals surface area contributed by atoms with Crippen molar-refractivity contribution in [3.8, 4) is 0 Å². The first-order valence-corrected chi connectivity index (χ1v) is 8.78. The van der Waals surface area contributed by atoms with Crippen molar-refractivity contribution >= 4 is 23.5 Å². The summed E-state index contributed by atoms with van der Waals surface area (Å²) in [5.41, 5.74) is -0.0218. The molecule has 2 fully saturated rings. The molecule has 0 aromatic carbocycles. The first-order valence-electron chi connectivity index (χ1n) is 8.78. The third kappa shape index (κ3) is 2.79. The number of hydrogen-bond acceptors (Lipinski definition) is 5. The van der Waals surface area contributed by atoms with E-state index >= 15 is 0 Å². The average molecular weight is 356 g/mol. The van der Waals surface area contributed by atoms with Gasteiger partial charge in [-0.25, -0.2) is 4.79 Å². The van der Waals surface area contributed by atoms with Gasteiger partial charge in [-0.2, -0.15) is 0 Å². The number of rotatable bonds is 5. The van der Waals surface area contributed by atoms with Crippen LogP contribution < -0.4 is 10.6 Å². The van der Waals surface area contributed by atoms with Crippen LogP contribution in [-0.4, -0.2) is 49.4 Å². The Hall–Kier alpha value is -2.97. The van der Waals surface area contributed by atoms with E-state index in [1.807, 2.05) is 24.4 Å². The van der Waals surface area contributed by atoms with Crippen LogP contribution in [0.4, 0.5) is 4.79 Å². The molecule has 1 spiro atoms. The van der Waals surface area contributed by atoms with Crippen molar-refractivity contribution < 1.29 is 14.4 Å². The topological polar surface area (TPSA) is 109 Å². The third-order valence-electron chi connectivity index (χ3n) is 5.09. The second kappa shape index (κ2) is 6.40. The van der Waals surface area contributed by atoms with Gasteiger partial charge in [0.1, 0.15) is 5.54 Å². The molecule has 1 saturated heterocycles. The van der Waals surface area contributed by atoms with E-state index in [1.54, 1.807) is 4.40 Å². The number of carbonyl (C=O) groups is 3. The smallest absolute Gasteiger partial charge is 0.325 e. The molecule has 0 atom stereocenters. The molecule has 2 N–H and O–H groups in total. The van der Waals surface area contributed by atoms with Crippen LogP contribution >= 0.6 is 0 Å². The number of nitrogens with zero attached hydrogens (tertiary/aromatic N) is 4. The molecule has 9 heteroatoms. The van der Waals surface area contributed by atoms with Crippen LogP contribution in [0, 0.1) is 0 Å². The number of nitrogens with one attached hydrogen (secondary N) is 2. The van der Waals surface area contributed by atoms with Crippen LogP contribution in [-0.2, 0) is 16.1 Å². The van der Waals surface area contributed by atoms with Crippen LogP contribution in [0.2, 0.25) is 0 Å². The zero-order chi connectivity index (χ0) is 18.1. The highest BCUT2D eigenvalue weighted by Gasteiger charge is 2.52. The maximum atomic E-state index is 12.5. The molecule has 4 rings (SSSR count). The summed E-state index contributed by atoms with van der Waals surface area (Å²) in [6.07, 6.45) is 5.12. The van der Waals surface area contributed by atoms with Gasteiger partial charge in [-0.1, -0.05) is 18.9 Å². The summed E-state index contributed by atoms with van der Waals surface area (Å²) in [5.74, 6) is 0.177. The number of amides is 4. The second-order valence-electron chi connectivity index (χ2n) is 6.75. The summed E-state index contributed by atoms with van der Waals surface area (Å²) in [7, 11) is 0. The molecule has 1 aliphatic heterocycles. The lowest BCUT2D eigenvalue weighted by Crippen LogP contribution is -2.44. The van der Waals surface area contributed by atoms with Crippen molar-refractivity contribution in [1.82, 2.24) is 30.1 Å². The van der Waals surface area contributed by atoms with Crippen molar-refractivity contribution in [3.05, 3.63) is 30.2 Å². The normalized spacial score (nSPS) is 18.7. The van der Waals surface area contributed by atoms with Crippen molar-refractivity contribution in [1.29, 1.82) is 0 Å². The molecule has 2 aromatic heterocycles. The van der Waals surface area contributed by atoms with E-state index in [0.29, 0.717) is 24.3 Å². The number of urea groups is 1. The largest absolute Gasteiger partial charge is 0.349 e. The van der Waals surface area contributed by atoms with Gasteiger partial charge in [0, 0.05) is 19.2 Å². The van der Waals surface area contributed by atoms with Gasteiger partial charge in [0.2, 0.25) is 5.91 Å². The van der Waals surface area contributed by atoms with Gasteiger partial charge >= 0.3 is 6.03 Å². The van der Waals surface area contributed by atoms with Gasteiger partial charge in [0.05, 0.1) is 6.54 Å². The van der Waals surface area contributed by atoms with Crippen LogP contribution in [0.25, 0.3) is 5.65 Å². The van der Waals surface area contributed by atoms with Crippen LogP contribution in [0.5, 0.6) is 0 Å². The Morgan fingerprint density at radius 3 is 2.85 bits per heavy atom. The number of aromatic nitrogens is 3. The van der Waals surface area contributed by atoms with Gasteiger partial charge in [-0.3, -0.25) is 18.9 Å². The van der Waals surface area contributed by atoms with E-state index in [0.717, 1.165) is 17.7 Å². The Labute approximate surface area is 149 Å². The maximum absolute atomic E-state index is 12.5. The molecule has 4 amide bonds. The summed E-state index contributed by atoms with van der Waals surface area (Å²) >= 11 is 0. The lowest BCUT2D eigenvalue weighted by atomic mass is 9.98. The first kappa shape index (κ1) is 16.5. The molecule has 2 aromatic rings. The highest BCUT2D eigenvalue weighted by molar-refractivity contribution is 6.07. The van der Waals surface area contributed by atoms with E-state index in [9.17, 15) is 14.4 Å². The summed E-state index contributed by atoms with van der Waals surface area (Å²) in [5, 5.41) is 13.6. The highest BCUT2D eigenvalue weighted by Crippen LogP contribution is 2.34. The monoisotopic (exact) mass is 356 g/mol. The van der Waals surface area contributed by atoms with Crippen LogP contribution in [0.3, 0.4) is 0 Å². The van der Waals surface area contributed by atoms with Gasteiger partial charge < -0.3 is 10.6 Å². The summed E-state index contributed by atoms with van der Waals surface area (Å²) in [6.45, 7) is 0.312. The van der Waals surface area contributed by atoms with Crippen molar-refractivity contribution in [2.75, 3.05) is 6.54 Å². The van der Waals surface area contributed by atoms with E-state index < -0.39 is 11.6 Å². The molecule has 9 nitrogen and oxygen atoms in total. The Morgan fingerprint density at radius 2 is 2.04 bits per heavy atom. The van der Waals surface area contributed by atoms with E-state index in [-0.39, 0.29) is 31.3 Å². The van der Waals surface area contributed by atoms with Crippen molar-refractivity contribution in [3.63, 3.8) is 0 Å². The summed E-state index contributed by atoms with van der Waals surface area (Å²) in [4.78, 5) is 37.9. The SMILES string of the molecule is O=C(CCN1C(=O)NC2(CCCC2)C1=O)NCc1nnc2ccccn12. The zero-order valence-corrected chi connectivity index (χ0v) is 14.3. The highest BCUT2D eigenvalue weighted by atomic mass is 16.2. The molecular formula is C17H20N6O3. The molecule has 2 aliphatic rings. The third-order valence-corrected chi connectivity index (χ3v) is 5.09. The van der Waals surface area contributed by atoms with E-state index in [2.05, 4.69) is 20.8 Å². The zero-order valence-electron chi connectivity index (χ0n) is 14.3. The fraction of sp³-hybridized carbons (Fsp3) is 0.471. The minimum atomic E-state index is -0.728. The molecule has 0 unspecified atom stereocenters. The lowest BCUT2D eigenvalue weighted by Gasteiger charge is -2.19. The summed E-state index contributed by atoms with van der Waals surface area (Å²) < 4.78 is 1.79. The Bertz CT molecular complexity index is 870. The second-order valence-corrected chi connectivity index (χ2v) is 6.75. The number of fused-ring (bicyclic) bond motifs is 1. The molecule has 3 heterocycles. The Morgan fingerprint density at radius 1 is 1.23 bits per heavy atom. The van der Waals surface area contributed by atoms with Gasteiger partial charge in [0.25, 0.3) is 5.91 Å². The van der Waals surface area contributed by atoms with Gasteiger partial charge in [-0.05, 0) is 25.0 Å². The number of pyridine rings is 1. The minimum absolute atomic E-state index is 0.0615. The molecule has 1 aliphatic carbocycles. The fourth-order valence-corrected chi connectivity index (χ4v) is 3.69. The van der Waals surface area contributed by atoms with E-state index in [4.69, 9.17) is 0 Å². The van der Waals surface area contributed by atoms with Crippen LogP contribution in [0.15, 0.2) is 24.4 Å². The summed E-state index contributed by atoms with van der Waals surface area (Å²) in [6, 6.07) is 5.15. The molecular weight excluding hydrogens is 336 g/mol. The molecule has 26 heavy (non-hydrogen) atoms. The Kier molecular flexibility index (Phi) is 4.06. The number of carbonyl (C=O) groups excluding carboxylic acids is 3. The maximum Gasteiger partial charge on any atom is 0.325 e. The lowest BCUT2D eigenvalue weighted by molar-refractivity contribution is -0.131.